The van der Waals surface area contributed by atoms with E-state index in [4.69, 9.17) is 0 Å². The largest absolute Gasteiger partial charge is 0.353 e. The number of likely N-dealkylation sites (tertiary alicyclic amines) is 1. The van der Waals surface area contributed by atoms with Gasteiger partial charge in [0.2, 0.25) is 11.8 Å². The number of rotatable bonds is 7. The summed E-state index contributed by atoms with van der Waals surface area (Å²) >= 11 is 0. The maximum Gasteiger partial charge on any atom is 0.225 e. The van der Waals surface area contributed by atoms with Gasteiger partial charge in [-0.15, -0.1) is 12.4 Å². The second-order valence-corrected chi connectivity index (χ2v) is 8.15. The molecule has 3 atom stereocenters. The molecule has 2 fully saturated rings. The average molecular weight is 388 g/mol. The van der Waals surface area contributed by atoms with E-state index in [0.717, 1.165) is 45.3 Å². The molecule has 0 radical (unpaired) electrons. The second-order valence-electron chi connectivity index (χ2n) is 8.15. The molecule has 2 amide bonds. The number of amides is 2. The Morgan fingerprint density at radius 2 is 1.88 bits per heavy atom. The summed E-state index contributed by atoms with van der Waals surface area (Å²) in [5.41, 5.74) is 0. The molecule has 5 nitrogen and oxygen atoms in total. The van der Waals surface area contributed by atoms with E-state index < -0.39 is 0 Å². The Balaban J connectivity index is 0.00000338. The van der Waals surface area contributed by atoms with Crippen molar-refractivity contribution in [1.29, 1.82) is 0 Å². The molecule has 0 spiro atoms. The van der Waals surface area contributed by atoms with Gasteiger partial charge in [0.15, 0.2) is 0 Å². The SMILES string of the molecule is CCCC(C)NC(=O)C1CCCN(C(=O)CC(C)C2CCNCC2)C1.Cl. The third kappa shape index (κ3) is 7.07. The van der Waals surface area contributed by atoms with Crippen LogP contribution in [0.3, 0.4) is 0 Å². The van der Waals surface area contributed by atoms with Crippen LogP contribution in [-0.4, -0.2) is 48.9 Å². The quantitative estimate of drug-likeness (QED) is 0.705. The molecular weight excluding hydrogens is 350 g/mol. The van der Waals surface area contributed by atoms with Crippen molar-refractivity contribution in [3.63, 3.8) is 0 Å². The van der Waals surface area contributed by atoms with E-state index in [1.54, 1.807) is 0 Å². The monoisotopic (exact) mass is 387 g/mol. The van der Waals surface area contributed by atoms with Gasteiger partial charge >= 0.3 is 0 Å². The van der Waals surface area contributed by atoms with Crippen molar-refractivity contribution in [2.45, 2.75) is 71.8 Å². The van der Waals surface area contributed by atoms with Gasteiger partial charge in [0, 0.05) is 25.6 Å². The zero-order chi connectivity index (χ0) is 18.2. The first-order chi connectivity index (χ1) is 12.0. The van der Waals surface area contributed by atoms with Gasteiger partial charge in [-0.3, -0.25) is 9.59 Å². The van der Waals surface area contributed by atoms with Crippen LogP contribution >= 0.6 is 12.4 Å². The van der Waals surface area contributed by atoms with Crippen LogP contribution in [0, 0.1) is 17.8 Å². The van der Waals surface area contributed by atoms with Crippen LogP contribution in [0.5, 0.6) is 0 Å². The highest BCUT2D eigenvalue weighted by molar-refractivity contribution is 5.85. The lowest BCUT2D eigenvalue weighted by molar-refractivity contribution is -0.137. The molecule has 0 aromatic heterocycles. The lowest BCUT2D eigenvalue weighted by Crippen LogP contribution is -2.47. The number of carbonyl (C=O) groups is 2. The minimum atomic E-state index is -0.0359. The van der Waals surface area contributed by atoms with E-state index in [1.807, 2.05) is 4.90 Å². The highest BCUT2D eigenvalue weighted by Gasteiger charge is 2.30. The van der Waals surface area contributed by atoms with Gasteiger partial charge in [-0.05, 0) is 64.0 Å². The summed E-state index contributed by atoms with van der Waals surface area (Å²) in [6.07, 6.45) is 6.90. The van der Waals surface area contributed by atoms with Crippen LogP contribution in [-0.2, 0) is 9.59 Å². The summed E-state index contributed by atoms with van der Waals surface area (Å²) in [6.45, 7) is 9.97. The van der Waals surface area contributed by atoms with Crippen LogP contribution in [0.1, 0.15) is 65.7 Å². The maximum atomic E-state index is 12.7. The molecule has 152 valence electrons. The highest BCUT2D eigenvalue weighted by atomic mass is 35.5. The van der Waals surface area contributed by atoms with Crippen molar-refractivity contribution < 1.29 is 9.59 Å². The van der Waals surface area contributed by atoms with E-state index >= 15 is 0 Å². The fourth-order valence-corrected chi connectivity index (χ4v) is 4.27. The first-order valence-electron chi connectivity index (χ1n) is 10.3. The summed E-state index contributed by atoms with van der Waals surface area (Å²) in [7, 11) is 0. The molecule has 0 aromatic rings. The third-order valence-corrected chi connectivity index (χ3v) is 5.94. The lowest BCUT2D eigenvalue weighted by Gasteiger charge is -2.34. The normalized spacial score (nSPS) is 23.7. The van der Waals surface area contributed by atoms with Gasteiger partial charge in [-0.25, -0.2) is 0 Å². The zero-order valence-corrected chi connectivity index (χ0v) is 17.6. The Bertz CT molecular complexity index is 441. The number of piperidine rings is 2. The number of halogens is 1. The highest BCUT2D eigenvalue weighted by Crippen LogP contribution is 2.26. The summed E-state index contributed by atoms with van der Waals surface area (Å²) in [6, 6.07) is 0.225. The van der Waals surface area contributed by atoms with Gasteiger partial charge in [-0.2, -0.15) is 0 Å². The van der Waals surface area contributed by atoms with Gasteiger partial charge < -0.3 is 15.5 Å². The molecule has 2 N–H and O–H groups in total. The number of nitrogens with one attached hydrogen (secondary N) is 2. The minimum Gasteiger partial charge on any atom is -0.353 e. The fourth-order valence-electron chi connectivity index (χ4n) is 4.27. The predicted octanol–water partition coefficient (Wildman–Crippen LogP) is 2.98. The third-order valence-electron chi connectivity index (χ3n) is 5.94. The van der Waals surface area contributed by atoms with Crippen molar-refractivity contribution in [1.82, 2.24) is 15.5 Å². The van der Waals surface area contributed by atoms with E-state index in [9.17, 15) is 9.59 Å². The number of hydrogen-bond acceptors (Lipinski definition) is 3. The summed E-state index contributed by atoms with van der Waals surface area (Å²) in [5, 5.41) is 6.51. The standard InChI is InChI=1S/C20H37N3O2.ClH/c1-4-6-16(3)22-20(25)18-7-5-12-23(14-18)19(24)13-15(2)17-8-10-21-11-9-17;/h15-18,21H,4-14H2,1-3H3,(H,22,25);1H. The minimum absolute atomic E-state index is 0. The van der Waals surface area contributed by atoms with Crippen LogP contribution in [0.4, 0.5) is 0 Å². The zero-order valence-electron chi connectivity index (χ0n) is 16.8. The van der Waals surface area contributed by atoms with Crippen molar-refractivity contribution in [3.05, 3.63) is 0 Å². The first-order valence-corrected chi connectivity index (χ1v) is 10.3. The summed E-state index contributed by atoms with van der Waals surface area (Å²) < 4.78 is 0. The summed E-state index contributed by atoms with van der Waals surface area (Å²) in [4.78, 5) is 27.1. The number of hydrogen-bond donors (Lipinski definition) is 2. The van der Waals surface area contributed by atoms with Gasteiger partial charge in [-0.1, -0.05) is 20.3 Å². The van der Waals surface area contributed by atoms with E-state index in [0.29, 0.717) is 24.8 Å². The van der Waals surface area contributed by atoms with Crippen LogP contribution in [0.25, 0.3) is 0 Å². The molecular formula is C20H38ClN3O2. The Morgan fingerprint density at radius 1 is 1.19 bits per heavy atom. The molecule has 0 aliphatic carbocycles. The van der Waals surface area contributed by atoms with Crippen LogP contribution < -0.4 is 10.6 Å². The van der Waals surface area contributed by atoms with E-state index in [2.05, 4.69) is 31.4 Å². The van der Waals surface area contributed by atoms with Crippen LogP contribution in [0.15, 0.2) is 0 Å². The van der Waals surface area contributed by atoms with E-state index in [1.165, 1.54) is 12.8 Å². The molecule has 0 saturated carbocycles. The fraction of sp³-hybridized carbons (Fsp3) is 0.900. The van der Waals surface area contributed by atoms with Crippen molar-refractivity contribution in [2.75, 3.05) is 26.2 Å². The van der Waals surface area contributed by atoms with Crippen molar-refractivity contribution in [2.24, 2.45) is 17.8 Å². The summed E-state index contributed by atoms with van der Waals surface area (Å²) in [5.74, 6) is 1.43. The average Bonchev–Trinajstić information content (AvgIpc) is 2.62. The maximum absolute atomic E-state index is 12.7. The molecule has 2 aliphatic heterocycles. The predicted molar refractivity (Wildman–Crippen MR) is 108 cm³/mol. The molecule has 26 heavy (non-hydrogen) atoms. The first kappa shape index (κ1) is 23.2. The van der Waals surface area contributed by atoms with Gasteiger partial charge in [0.1, 0.15) is 0 Å². The molecule has 0 bridgehead atoms. The number of nitrogens with zero attached hydrogens (tertiary/aromatic N) is 1. The smallest absolute Gasteiger partial charge is 0.225 e. The molecule has 6 heteroatoms. The lowest BCUT2D eigenvalue weighted by atomic mass is 9.83. The van der Waals surface area contributed by atoms with Crippen LogP contribution in [0.2, 0.25) is 0 Å². The van der Waals surface area contributed by atoms with Crippen molar-refractivity contribution in [3.8, 4) is 0 Å². The Kier molecular flexibility index (Phi) is 10.6. The topological polar surface area (TPSA) is 61.4 Å². The molecule has 2 aliphatic rings. The Labute approximate surface area is 165 Å². The van der Waals surface area contributed by atoms with E-state index in [-0.39, 0.29) is 36.2 Å². The Morgan fingerprint density at radius 3 is 2.54 bits per heavy atom. The molecule has 2 saturated heterocycles. The second kappa shape index (κ2) is 11.8. The van der Waals surface area contributed by atoms with Gasteiger partial charge in [0.05, 0.1) is 5.92 Å². The van der Waals surface area contributed by atoms with Crippen molar-refractivity contribution >= 4 is 24.2 Å². The molecule has 3 unspecified atom stereocenters. The Hall–Kier alpha value is -0.810. The molecule has 2 heterocycles. The van der Waals surface area contributed by atoms with Gasteiger partial charge in [0.25, 0.3) is 0 Å². The molecule has 0 aromatic carbocycles. The molecule has 2 rings (SSSR count). The number of carbonyl (C=O) groups excluding carboxylic acids is 2.